The Morgan fingerprint density at radius 3 is 2.33 bits per heavy atom. The molecule has 1 N–H and O–H groups in total. The van der Waals surface area contributed by atoms with Gasteiger partial charge in [-0.05, 0) is 62.1 Å². The summed E-state index contributed by atoms with van der Waals surface area (Å²) in [5.41, 5.74) is 4.12. The van der Waals surface area contributed by atoms with Crippen molar-refractivity contribution < 1.29 is 22.7 Å². The largest absolute Gasteiger partial charge is 0.465 e. The number of benzene rings is 2. The van der Waals surface area contributed by atoms with Crippen molar-refractivity contribution in [3.63, 3.8) is 0 Å². The van der Waals surface area contributed by atoms with E-state index in [1.165, 1.54) is 11.4 Å². The fourth-order valence-electron chi connectivity index (χ4n) is 3.05. The molecule has 2 aromatic carbocycles. The first-order chi connectivity index (χ1) is 14.0. The number of carbonyl (C=O) groups excluding carboxylic acids is 2. The van der Waals surface area contributed by atoms with Gasteiger partial charge in [0.1, 0.15) is 0 Å². The van der Waals surface area contributed by atoms with E-state index in [9.17, 15) is 18.0 Å². The number of hydrogen-bond donors (Lipinski definition) is 1. The number of nitrogens with one attached hydrogen (secondary N) is 1. The van der Waals surface area contributed by atoms with Crippen LogP contribution in [0.3, 0.4) is 0 Å². The highest BCUT2D eigenvalue weighted by Crippen LogP contribution is 2.24. The molecule has 162 valence electrons. The minimum absolute atomic E-state index is 0.138. The van der Waals surface area contributed by atoms with Crippen molar-refractivity contribution in [1.82, 2.24) is 0 Å². The molecule has 0 aromatic heterocycles. The van der Waals surface area contributed by atoms with E-state index in [1.54, 1.807) is 18.2 Å². The molecule has 0 atom stereocenters. The van der Waals surface area contributed by atoms with Crippen LogP contribution in [0.15, 0.2) is 36.4 Å². The standard InChI is InChI=1S/C22H28N2O5S/c1-15-8-9-17(3)20(13-15)24(30(5,27)28)12-6-7-21(25)23-19-14-18(22(26)29-4)11-10-16(19)2/h8-11,13-14H,6-7,12H2,1-5H3,(H,23,25). The van der Waals surface area contributed by atoms with Crippen LogP contribution in [0.4, 0.5) is 11.4 Å². The summed E-state index contributed by atoms with van der Waals surface area (Å²) < 4.78 is 30.7. The van der Waals surface area contributed by atoms with Crippen molar-refractivity contribution in [1.29, 1.82) is 0 Å². The third kappa shape index (κ3) is 6.06. The van der Waals surface area contributed by atoms with Gasteiger partial charge >= 0.3 is 5.97 Å². The Labute approximate surface area is 178 Å². The third-order valence-electron chi connectivity index (χ3n) is 4.73. The molecule has 0 unspecified atom stereocenters. The second-order valence-corrected chi connectivity index (χ2v) is 9.20. The number of hydrogen-bond acceptors (Lipinski definition) is 5. The first-order valence-corrected chi connectivity index (χ1v) is 11.4. The zero-order valence-corrected chi connectivity index (χ0v) is 18.8. The molecule has 0 saturated heterocycles. The van der Waals surface area contributed by atoms with Crippen LogP contribution in [0.1, 0.15) is 39.9 Å². The summed E-state index contributed by atoms with van der Waals surface area (Å²) in [6.07, 6.45) is 1.65. The Bertz CT molecular complexity index is 1050. The summed E-state index contributed by atoms with van der Waals surface area (Å²) in [5.74, 6) is -0.739. The molecule has 0 saturated carbocycles. The highest BCUT2D eigenvalue weighted by atomic mass is 32.2. The molecule has 7 nitrogen and oxygen atoms in total. The molecule has 1 amide bonds. The maximum Gasteiger partial charge on any atom is 0.337 e. The summed E-state index contributed by atoms with van der Waals surface area (Å²) in [5, 5.41) is 2.79. The zero-order chi connectivity index (χ0) is 22.5. The summed E-state index contributed by atoms with van der Waals surface area (Å²) >= 11 is 0. The van der Waals surface area contributed by atoms with Gasteiger partial charge < -0.3 is 10.1 Å². The summed E-state index contributed by atoms with van der Waals surface area (Å²) in [6.45, 7) is 5.78. The van der Waals surface area contributed by atoms with E-state index >= 15 is 0 Å². The highest BCUT2D eigenvalue weighted by Gasteiger charge is 2.20. The molecule has 0 bridgehead atoms. The molecular formula is C22H28N2O5S. The molecule has 0 radical (unpaired) electrons. The van der Waals surface area contributed by atoms with Gasteiger partial charge in [-0.1, -0.05) is 18.2 Å². The molecule has 0 aliphatic carbocycles. The van der Waals surface area contributed by atoms with Gasteiger partial charge in [0.05, 0.1) is 24.6 Å². The van der Waals surface area contributed by atoms with E-state index < -0.39 is 16.0 Å². The minimum Gasteiger partial charge on any atom is -0.465 e. The van der Waals surface area contributed by atoms with Crippen molar-refractivity contribution in [3.05, 3.63) is 58.7 Å². The van der Waals surface area contributed by atoms with Gasteiger partial charge in [0, 0.05) is 18.7 Å². The van der Waals surface area contributed by atoms with Crippen LogP contribution in [0.5, 0.6) is 0 Å². The Morgan fingerprint density at radius 1 is 1.03 bits per heavy atom. The molecule has 0 aliphatic rings. The van der Waals surface area contributed by atoms with E-state index in [0.29, 0.717) is 23.4 Å². The molecule has 2 rings (SSSR count). The quantitative estimate of drug-likeness (QED) is 0.644. The number of esters is 1. The lowest BCUT2D eigenvalue weighted by atomic mass is 10.1. The predicted molar refractivity (Wildman–Crippen MR) is 118 cm³/mol. The summed E-state index contributed by atoms with van der Waals surface area (Å²) in [4.78, 5) is 24.1. The van der Waals surface area contributed by atoms with Gasteiger partial charge in [-0.3, -0.25) is 9.10 Å². The third-order valence-corrected chi connectivity index (χ3v) is 5.91. The SMILES string of the molecule is COC(=O)c1ccc(C)c(NC(=O)CCCN(c2cc(C)ccc2C)S(C)(=O)=O)c1. The molecule has 0 heterocycles. The number of amides is 1. The van der Waals surface area contributed by atoms with Gasteiger partial charge in [0.2, 0.25) is 15.9 Å². The fraction of sp³-hybridized carbons (Fsp3) is 0.364. The second-order valence-electron chi connectivity index (χ2n) is 7.30. The number of carbonyl (C=O) groups is 2. The van der Waals surface area contributed by atoms with Crippen LogP contribution in [0.25, 0.3) is 0 Å². The van der Waals surface area contributed by atoms with Crippen LogP contribution in [0.2, 0.25) is 0 Å². The topological polar surface area (TPSA) is 92.8 Å². The van der Waals surface area contributed by atoms with Gasteiger partial charge in [-0.25, -0.2) is 13.2 Å². The lowest BCUT2D eigenvalue weighted by Gasteiger charge is -2.24. The van der Waals surface area contributed by atoms with Crippen molar-refractivity contribution >= 4 is 33.3 Å². The molecule has 2 aromatic rings. The molecule has 0 spiro atoms. The average Bonchev–Trinajstić information content (AvgIpc) is 2.67. The Balaban J connectivity index is 2.07. The number of sulfonamides is 1. The van der Waals surface area contributed by atoms with Gasteiger partial charge in [-0.15, -0.1) is 0 Å². The van der Waals surface area contributed by atoms with E-state index in [0.717, 1.165) is 22.9 Å². The number of anilines is 2. The number of methoxy groups -OCH3 is 1. The Kier molecular flexibility index (Phi) is 7.61. The van der Waals surface area contributed by atoms with Gasteiger partial charge in [0.25, 0.3) is 0 Å². The second kappa shape index (κ2) is 9.75. The van der Waals surface area contributed by atoms with Crippen LogP contribution < -0.4 is 9.62 Å². The first kappa shape index (κ1) is 23.4. The Morgan fingerprint density at radius 2 is 1.70 bits per heavy atom. The lowest BCUT2D eigenvalue weighted by Crippen LogP contribution is -2.32. The fourth-order valence-corrected chi connectivity index (χ4v) is 4.07. The first-order valence-electron chi connectivity index (χ1n) is 9.56. The smallest absolute Gasteiger partial charge is 0.337 e. The monoisotopic (exact) mass is 432 g/mol. The van der Waals surface area contributed by atoms with Crippen LogP contribution in [-0.2, 0) is 19.6 Å². The molecule has 0 aliphatic heterocycles. The van der Waals surface area contributed by atoms with Crippen molar-refractivity contribution in [3.8, 4) is 0 Å². The number of ether oxygens (including phenoxy) is 1. The number of nitrogens with zero attached hydrogens (tertiary/aromatic N) is 1. The molecular weight excluding hydrogens is 404 g/mol. The van der Waals surface area contributed by atoms with E-state index in [4.69, 9.17) is 4.74 Å². The number of rotatable bonds is 8. The maximum absolute atomic E-state index is 12.4. The van der Waals surface area contributed by atoms with Gasteiger partial charge in [0.15, 0.2) is 0 Å². The zero-order valence-electron chi connectivity index (χ0n) is 18.0. The lowest BCUT2D eigenvalue weighted by molar-refractivity contribution is -0.116. The summed E-state index contributed by atoms with van der Waals surface area (Å²) in [7, 11) is -2.19. The van der Waals surface area contributed by atoms with Crippen molar-refractivity contribution in [2.75, 3.05) is 29.5 Å². The minimum atomic E-state index is -3.49. The molecule has 30 heavy (non-hydrogen) atoms. The predicted octanol–water partition coefficient (Wildman–Crippen LogP) is 3.58. The van der Waals surface area contributed by atoms with Crippen molar-refractivity contribution in [2.45, 2.75) is 33.6 Å². The highest BCUT2D eigenvalue weighted by molar-refractivity contribution is 7.92. The Hall–Kier alpha value is -2.87. The van der Waals surface area contributed by atoms with Gasteiger partial charge in [-0.2, -0.15) is 0 Å². The maximum atomic E-state index is 12.4. The van der Waals surface area contributed by atoms with Crippen LogP contribution in [0, 0.1) is 20.8 Å². The van der Waals surface area contributed by atoms with E-state index in [2.05, 4.69) is 5.32 Å². The van der Waals surface area contributed by atoms with E-state index in [1.807, 2.05) is 39.0 Å². The summed E-state index contributed by atoms with van der Waals surface area (Å²) in [6, 6.07) is 10.6. The normalized spacial score (nSPS) is 11.1. The molecule has 8 heteroatoms. The van der Waals surface area contributed by atoms with Crippen LogP contribution >= 0.6 is 0 Å². The molecule has 0 fully saturated rings. The average molecular weight is 433 g/mol. The van der Waals surface area contributed by atoms with Crippen molar-refractivity contribution in [2.24, 2.45) is 0 Å². The van der Waals surface area contributed by atoms with E-state index in [-0.39, 0.29) is 18.9 Å². The van der Waals surface area contributed by atoms with Crippen LogP contribution in [-0.4, -0.2) is 40.2 Å². The number of aryl methyl sites for hydroxylation is 3.